The fourth-order valence-corrected chi connectivity index (χ4v) is 2.14. The summed E-state index contributed by atoms with van der Waals surface area (Å²) in [6.45, 7) is 0.265. The van der Waals surface area contributed by atoms with Gasteiger partial charge in [0.25, 0.3) is 5.91 Å². The van der Waals surface area contributed by atoms with Crippen LogP contribution < -0.4 is 4.74 Å². The molecule has 0 atom stereocenters. The Labute approximate surface area is 128 Å². The van der Waals surface area contributed by atoms with Gasteiger partial charge >= 0.3 is 0 Å². The molecule has 0 saturated carbocycles. The number of halogens is 1. The van der Waals surface area contributed by atoms with Crippen LogP contribution in [0.2, 0.25) is 0 Å². The molecule has 0 aromatic heterocycles. The summed E-state index contributed by atoms with van der Waals surface area (Å²) >= 11 is 0. The van der Waals surface area contributed by atoms with Crippen molar-refractivity contribution >= 4 is 5.91 Å². The molecule has 0 radical (unpaired) electrons. The van der Waals surface area contributed by atoms with Gasteiger partial charge in [-0.3, -0.25) is 4.79 Å². The van der Waals surface area contributed by atoms with Crippen LogP contribution in [0, 0.1) is 5.82 Å². The molecule has 0 bridgehead atoms. The Balaban J connectivity index is 2.22. The Hall–Kier alpha value is -2.40. The third kappa shape index (κ3) is 3.83. The zero-order valence-electron chi connectivity index (χ0n) is 12.3. The van der Waals surface area contributed by atoms with E-state index >= 15 is 0 Å². The van der Waals surface area contributed by atoms with Crippen LogP contribution in [-0.4, -0.2) is 36.2 Å². The minimum absolute atomic E-state index is 0.0369. The van der Waals surface area contributed by atoms with Crippen LogP contribution in [-0.2, 0) is 6.54 Å². The molecule has 0 aliphatic heterocycles. The molecule has 2 rings (SSSR count). The molecule has 0 heterocycles. The lowest BCUT2D eigenvalue weighted by Gasteiger charge is -2.22. The van der Waals surface area contributed by atoms with Gasteiger partial charge in [-0.05, 0) is 17.7 Å². The normalized spacial score (nSPS) is 10.3. The van der Waals surface area contributed by atoms with E-state index in [4.69, 9.17) is 9.84 Å². The maximum Gasteiger partial charge on any atom is 0.257 e. The lowest BCUT2D eigenvalue weighted by molar-refractivity contribution is 0.0703. The molecule has 2 aromatic rings. The number of carbonyl (C=O) groups excluding carboxylic acids is 1. The Bertz CT molecular complexity index is 631. The van der Waals surface area contributed by atoms with E-state index in [-0.39, 0.29) is 18.7 Å². The molecule has 0 aliphatic carbocycles. The van der Waals surface area contributed by atoms with E-state index in [1.54, 1.807) is 0 Å². The van der Waals surface area contributed by atoms with Gasteiger partial charge in [0.2, 0.25) is 0 Å². The molecule has 0 fully saturated rings. The van der Waals surface area contributed by atoms with Crippen molar-refractivity contribution < 1.29 is 19.0 Å². The highest BCUT2D eigenvalue weighted by Gasteiger charge is 2.19. The smallest absolute Gasteiger partial charge is 0.257 e. The average Bonchev–Trinajstić information content (AvgIpc) is 2.54. The highest BCUT2D eigenvalue weighted by atomic mass is 19.1. The summed E-state index contributed by atoms with van der Waals surface area (Å²) in [5.74, 6) is -0.746. The number of methoxy groups -OCH3 is 1. The minimum atomic E-state index is -0.639. The Morgan fingerprint density at radius 2 is 1.95 bits per heavy atom. The summed E-state index contributed by atoms with van der Waals surface area (Å²) in [7, 11) is 1.43. The first-order valence-corrected chi connectivity index (χ1v) is 6.93. The first-order valence-electron chi connectivity index (χ1n) is 6.93. The van der Waals surface area contributed by atoms with Gasteiger partial charge in [-0.25, -0.2) is 4.39 Å². The summed E-state index contributed by atoms with van der Waals surface area (Å²) in [6.07, 6.45) is 0. The molecule has 0 spiro atoms. The van der Waals surface area contributed by atoms with E-state index in [9.17, 15) is 9.18 Å². The zero-order chi connectivity index (χ0) is 15.9. The van der Waals surface area contributed by atoms with Gasteiger partial charge in [0.15, 0.2) is 0 Å². The number of rotatable bonds is 6. The molecule has 0 unspecified atom stereocenters. The van der Waals surface area contributed by atoms with Crippen LogP contribution in [0.3, 0.4) is 0 Å². The molecule has 22 heavy (non-hydrogen) atoms. The van der Waals surface area contributed by atoms with Crippen LogP contribution in [0.5, 0.6) is 5.75 Å². The number of benzene rings is 2. The lowest BCUT2D eigenvalue weighted by atomic mass is 10.1. The number of amides is 1. The number of nitrogens with zero attached hydrogens (tertiary/aromatic N) is 1. The summed E-state index contributed by atoms with van der Waals surface area (Å²) in [6, 6.07) is 13.5. The van der Waals surface area contributed by atoms with Gasteiger partial charge in [0.1, 0.15) is 11.6 Å². The van der Waals surface area contributed by atoms with E-state index in [2.05, 4.69) is 0 Å². The standard InChI is InChI=1S/C17H18FNO3/c1-22-14-7-8-15(16(18)11-14)17(21)19(9-10-20)12-13-5-3-2-4-6-13/h2-8,11,20H,9-10,12H2,1H3. The van der Waals surface area contributed by atoms with Gasteiger partial charge in [0.05, 0.1) is 19.3 Å². The second-order valence-corrected chi connectivity index (χ2v) is 4.78. The Kier molecular flexibility index (Phi) is 5.49. The monoisotopic (exact) mass is 303 g/mol. The number of ether oxygens (including phenoxy) is 1. The summed E-state index contributed by atoms with van der Waals surface area (Å²) in [5.41, 5.74) is 0.878. The number of hydrogen-bond donors (Lipinski definition) is 1. The first-order chi connectivity index (χ1) is 10.7. The van der Waals surface area contributed by atoms with Crippen molar-refractivity contribution in [3.63, 3.8) is 0 Å². The van der Waals surface area contributed by atoms with E-state index < -0.39 is 11.7 Å². The summed E-state index contributed by atoms with van der Waals surface area (Å²) in [4.78, 5) is 13.9. The van der Waals surface area contributed by atoms with Gasteiger partial charge in [0, 0.05) is 19.2 Å². The number of aliphatic hydroxyl groups excluding tert-OH is 1. The second-order valence-electron chi connectivity index (χ2n) is 4.78. The molecular weight excluding hydrogens is 285 g/mol. The van der Waals surface area contributed by atoms with Crippen molar-refractivity contribution in [1.82, 2.24) is 4.90 Å². The third-order valence-corrected chi connectivity index (χ3v) is 3.28. The molecule has 5 heteroatoms. The molecule has 116 valence electrons. The summed E-state index contributed by atoms with van der Waals surface area (Å²) in [5, 5.41) is 9.15. The molecule has 4 nitrogen and oxygen atoms in total. The number of hydrogen-bond acceptors (Lipinski definition) is 3. The van der Waals surface area contributed by atoms with Crippen molar-refractivity contribution in [3.05, 3.63) is 65.5 Å². The summed E-state index contributed by atoms with van der Waals surface area (Å²) < 4.78 is 19.0. The van der Waals surface area contributed by atoms with E-state index in [1.165, 1.54) is 30.2 Å². The molecular formula is C17H18FNO3. The quantitative estimate of drug-likeness (QED) is 0.892. The fraction of sp³-hybridized carbons (Fsp3) is 0.235. The topological polar surface area (TPSA) is 49.8 Å². The van der Waals surface area contributed by atoms with Crippen molar-refractivity contribution in [2.24, 2.45) is 0 Å². The number of aliphatic hydroxyl groups is 1. The van der Waals surface area contributed by atoms with Crippen LogP contribution >= 0.6 is 0 Å². The molecule has 0 saturated heterocycles. The molecule has 1 amide bonds. The van der Waals surface area contributed by atoms with Gasteiger partial charge < -0.3 is 14.7 Å². The average molecular weight is 303 g/mol. The highest BCUT2D eigenvalue weighted by Crippen LogP contribution is 2.18. The van der Waals surface area contributed by atoms with E-state index in [0.717, 1.165) is 5.56 Å². The Morgan fingerprint density at radius 3 is 2.55 bits per heavy atom. The van der Waals surface area contributed by atoms with Crippen LogP contribution in [0.1, 0.15) is 15.9 Å². The minimum Gasteiger partial charge on any atom is -0.497 e. The van der Waals surface area contributed by atoms with E-state index in [1.807, 2.05) is 30.3 Å². The predicted octanol–water partition coefficient (Wildman–Crippen LogP) is 2.47. The van der Waals surface area contributed by atoms with Crippen molar-refractivity contribution in [1.29, 1.82) is 0 Å². The Morgan fingerprint density at radius 1 is 1.23 bits per heavy atom. The molecule has 1 N–H and O–H groups in total. The highest BCUT2D eigenvalue weighted by molar-refractivity contribution is 5.94. The van der Waals surface area contributed by atoms with Crippen LogP contribution in [0.15, 0.2) is 48.5 Å². The molecule has 0 aliphatic rings. The van der Waals surface area contributed by atoms with Gasteiger partial charge in [-0.1, -0.05) is 30.3 Å². The van der Waals surface area contributed by atoms with Gasteiger partial charge in [-0.15, -0.1) is 0 Å². The molecule has 2 aromatic carbocycles. The second kappa shape index (κ2) is 7.56. The van der Waals surface area contributed by atoms with Gasteiger partial charge in [-0.2, -0.15) is 0 Å². The first kappa shape index (κ1) is 16.0. The van der Waals surface area contributed by atoms with Crippen LogP contribution in [0.25, 0.3) is 0 Å². The van der Waals surface area contributed by atoms with Crippen molar-refractivity contribution in [2.75, 3.05) is 20.3 Å². The zero-order valence-corrected chi connectivity index (χ0v) is 12.3. The van der Waals surface area contributed by atoms with Crippen LogP contribution in [0.4, 0.5) is 4.39 Å². The largest absolute Gasteiger partial charge is 0.497 e. The van der Waals surface area contributed by atoms with Crippen molar-refractivity contribution in [2.45, 2.75) is 6.54 Å². The van der Waals surface area contributed by atoms with E-state index in [0.29, 0.717) is 12.3 Å². The van der Waals surface area contributed by atoms with Crippen molar-refractivity contribution in [3.8, 4) is 5.75 Å². The predicted molar refractivity (Wildman–Crippen MR) is 81.2 cm³/mol. The third-order valence-electron chi connectivity index (χ3n) is 3.28. The lowest BCUT2D eigenvalue weighted by Crippen LogP contribution is -2.33. The SMILES string of the molecule is COc1ccc(C(=O)N(CCO)Cc2ccccc2)c(F)c1. The maximum absolute atomic E-state index is 14.0. The maximum atomic E-state index is 14.0. The number of carbonyl (C=O) groups is 1. The fourth-order valence-electron chi connectivity index (χ4n) is 2.14.